The Hall–Kier alpha value is -3.68. The summed E-state index contributed by atoms with van der Waals surface area (Å²) < 4.78 is 0.959. The fourth-order valence-electron chi connectivity index (χ4n) is 3.01. The maximum absolute atomic E-state index is 12.7. The molecule has 0 spiro atoms. The summed E-state index contributed by atoms with van der Waals surface area (Å²) in [5.41, 5.74) is 0.748. The number of H-pyrrole nitrogens is 1. The molecule has 0 saturated carbocycles. The summed E-state index contributed by atoms with van der Waals surface area (Å²) in [5.74, 6) is -0.586. The van der Waals surface area contributed by atoms with E-state index in [-0.39, 0.29) is 12.1 Å². The van der Waals surface area contributed by atoms with E-state index in [0.717, 1.165) is 29.5 Å². The number of nitrogens with one attached hydrogen (secondary N) is 2. The molecule has 3 rings (SSSR count). The SMILES string of the molecule is CCN(CC)c1ccc(NC(=O)c2c[nH]c(=O)n(Cc3ccccn3)c2=O)cc1. The van der Waals surface area contributed by atoms with Crippen molar-refractivity contribution in [1.29, 1.82) is 0 Å². The van der Waals surface area contributed by atoms with Crippen molar-refractivity contribution in [2.24, 2.45) is 0 Å². The summed E-state index contributed by atoms with van der Waals surface area (Å²) in [6, 6.07) is 12.6. The average Bonchev–Trinajstić information content (AvgIpc) is 2.74. The second kappa shape index (κ2) is 9.01. The highest BCUT2D eigenvalue weighted by Crippen LogP contribution is 2.18. The minimum atomic E-state index is -0.670. The third-order valence-corrected chi connectivity index (χ3v) is 4.61. The highest BCUT2D eigenvalue weighted by atomic mass is 16.2. The van der Waals surface area contributed by atoms with Crippen molar-refractivity contribution >= 4 is 17.3 Å². The van der Waals surface area contributed by atoms with Crippen molar-refractivity contribution in [2.45, 2.75) is 20.4 Å². The van der Waals surface area contributed by atoms with Gasteiger partial charge in [-0.15, -0.1) is 0 Å². The number of aromatic amines is 1. The maximum atomic E-state index is 12.7. The van der Waals surface area contributed by atoms with Gasteiger partial charge in [0.15, 0.2) is 0 Å². The first-order valence-electron chi connectivity index (χ1n) is 9.42. The predicted molar refractivity (Wildman–Crippen MR) is 113 cm³/mol. The number of hydrogen-bond acceptors (Lipinski definition) is 5. The van der Waals surface area contributed by atoms with Crippen LogP contribution in [0.15, 0.2) is 64.4 Å². The van der Waals surface area contributed by atoms with Crippen LogP contribution in [0.3, 0.4) is 0 Å². The predicted octanol–water partition coefficient (Wildman–Crippen LogP) is 2.08. The number of anilines is 2. The van der Waals surface area contributed by atoms with Gasteiger partial charge in [-0.05, 0) is 50.2 Å². The lowest BCUT2D eigenvalue weighted by atomic mass is 10.2. The van der Waals surface area contributed by atoms with Gasteiger partial charge in [0, 0.05) is 36.9 Å². The van der Waals surface area contributed by atoms with Gasteiger partial charge in [0.25, 0.3) is 11.5 Å². The second-order valence-corrected chi connectivity index (χ2v) is 6.39. The van der Waals surface area contributed by atoms with Crippen LogP contribution in [0.1, 0.15) is 29.9 Å². The van der Waals surface area contributed by atoms with E-state index in [9.17, 15) is 14.4 Å². The van der Waals surface area contributed by atoms with Gasteiger partial charge in [-0.1, -0.05) is 6.07 Å². The number of nitrogens with zero attached hydrogens (tertiary/aromatic N) is 3. The van der Waals surface area contributed by atoms with E-state index in [2.05, 4.69) is 34.0 Å². The van der Waals surface area contributed by atoms with Crippen LogP contribution in [0.5, 0.6) is 0 Å². The molecule has 3 aromatic rings. The summed E-state index contributed by atoms with van der Waals surface area (Å²) in [6.07, 6.45) is 2.71. The molecule has 8 heteroatoms. The van der Waals surface area contributed by atoms with E-state index in [1.54, 1.807) is 36.5 Å². The van der Waals surface area contributed by atoms with Gasteiger partial charge in [0.05, 0.1) is 12.2 Å². The normalized spacial score (nSPS) is 10.6. The fourth-order valence-corrected chi connectivity index (χ4v) is 3.01. The van der Waals surface area contributed by atoms with Crippen molar-refractivity contribution in [3.05, 3.63) is 87.0 Å². The van der Waals surface area contributed by atoms with Crippen molar-refractivity contribution in [1.82, 2.24) is 14.5 Å². The summed E-state index contributed by atoms with van der Waals surface area (Å²) in [4.78, 5) is 46.1. The smallest absolute Gasteiger partial charge is 0.328 e. The number of carbonyl (C=O) groups is 1. The van der Waals surface area contributed by atoms with Gasteiger partial charge in [0.2, 0.25) is 0 Å². The molecule has 2 aromatic heterocycles. The molecule has 0 atom stereocenters. The molecule has 0 fully saturated rings. The quantitative estimate of drug-likeness (QED) is 0.640. The first-order chi connectivity index (χ1) is 14.0. The molecule has 0 radical (unpaired) electrons. The number of amides is 1. The number of pyridine rings is 1. The number of hydrogen-bond donors (Lipinski definition) is 2. The van der Waals surface area contributed by atoms with E-state index < -0.39 is 17.2 Å². The van der Waals surface area contributed by atoms with Gasteiger partial charge in [-0.2, -0.15) is 0 Å². The second-order valence-electron chi connectivity index (χ2n) is 6.39. The minimum absolute atomic E-state index is 0.0192. The van der Waals surface area contributed by atoms with Crippen molar-refractivity contribution in [3.63, 3.8) is 0 Å². The topological polar surface area (TPSA) is 100 Å². The highest BCUT2D eigenvalue weighted by molar-refractivity contribution is 6.03. The first-order valence-corrected chi connectivity index (χ1v) is 9.42. The van der Waals surface area contributed by atoms with Crippen molar-refractivity contribution < 1.29 is 4.79 Å². The Labute approximate surface area is 167 Å². The molecule has 2 heterocycles. The van der Waals surface area contributed by atoms with E-state index >= 15 is 0 Å². The first kappa shape index (κ1) is 20.1. The molecule has 0 aliphatic heterocycles. The average molecular weight is 393 g/mol. The van der Waals surface area contributed by atoms with E-state index in [0.29, 0.717) is 11.4 Å². The summed E-state index contributed by atoms with van der Waals surface area (Å²) >= 11 is 0. The molecule has 29 heavy (non-hydrogen) atoms. The zero-order chi connectivity index (χ0) is 20.8. The Morgan fingerprint density at radius 2 is 1.83 bits per heavy atom. The maximum Gasteiger partial charge on any atom is 0.328 e. The molecule has 0 aliphatic carbocycles. The molecule has 2 N–H and O–H groups in total. The van der Waals surface area contributed by atoms with Crippen molar-refractivity contribution in [3.8, 4) is 0 Å². The van der Waals surface area contributed by atoms with Crippen LogP contribution in [-0.4, -0.2) is 33.5 Å². The van der Waals surface area contributed by atoms with Gasteiger partial charge in [-0.3, -0.25) is 19.1 Å². The molecular formula is C21H23N5O3. The van der Waals surface area contributed by atoms with Crippen LogP contribution < -0.4 is 21.5 Å². The van der Waals surface area contributed by atoms with Crippen LogP contribution in [0.25, 0.3) is 0 Å². The van der Waals surface area contributed by atoms with Crippen molar-refractivity contribution in [2.75, 3.05) is 23.3 Å². The lowest BCUT2D eigenvalue weighted by Gasteiger charge is -2.21. The summed E-state index contributed by atoms with van der Waals surface area (Å²) in [5, 5.41) is 2.70. The third-order valence-electron chi connectivity index (χ3n) is 4.61. The number of rotatable bonds is 7. The van der Waals surface area contributed by atoms with Crippen LogP contribution >= 0.6 is 0 Å². The summed E-state index contributed by atoms with van der Waals surface area (Å²) in [6.45, 7) is 5.90. The molecule has 8 nitrogen and oxygen atoms in total. The molecule has 150 valence electrons. The Bertz CT molecular complexity index is 1080. The van der Waals surface area contributed by atoms with Gasteiger partial charge >= 0.3 is 5.69 Å². The number of aromatic nitrogens is 3. The monoisotopic (exact) mass is 393 g/mol. The molecule has 0 bridgehead atoms. The van der Waals surface area contributed by atoms with Crippen LogP contribution in [0, 0.1) is 0 Å². The Morgan fingerprint density at radius 3 is 2.45 bits per heavy atom. The molecule has 0 saturated heterocycles. The number of benzene rings is 1. The van der Waals surface area contributed by atoms with E-state index in [1.807, 2.05) is 12.1 Å². The standard InChI is InChI=1S/C21H23N5O3/c1-3-25(4-2)17-10-8-15(9-11-17)24-19(27)18-13-23-21(29)26(20(18)28)14-16-7-5-6-12-22-16/h5-13H,3-4,14H2,1-2H3,(H,23,29)(H,24,27). The Balaban J connectivity index is 1.82. The summed E-state index contributed by atoms with van der Waals surface area (Å²) in [7, 11) is 0. The lowest BCUT2D eigenvalue weighted by molar-refractivity contribution is 0.102. The van der Waals surface area contributed by atoms with Gasteiger partial charge in [0.1, 0.15) is 5.56 Å². The number of carbonyl (C=O) groups excluding carboxylic acids is 1. The largest absolute Gasteiger partial charge is 0.372 e. The molecular weight excluding hydrogens is 370 g/mol. The Kier molecular flexibility index (Phi) is 6.23. The van der Waals surface area contributed by atoms with E-state index in [4.69, 9.17) is 0 Å². The van der Waals surface area contributed by atoms with Crippen LogP contribution in [0.4, 0.5) is 11.4 Å². The third kappa shape index (κ3) is 4.60. The Morgan fingerprint density at radius 1 is 1.10 bits per heavy atom. The highest BCUT2D eigenvalue weighted by Gasteiger charge is 2.15. The van der Waals surface area contributed by atoms with Crippen LogP contribution in [0.2, 0.25) is 0 Å². The zero-order valence-electron chi connectivity index (χ0n) is 16.4. The van der Waals surface area contributed by atoms with Crippen LogP contribution in [-0.2, 0) is 6.54 Å². The van der Waals surface area contributed by atoms with Gasteiger partial charge in [-0.25, -0.2) is 4.79 Å². The zero-order valence-corrected chi connectivity index (χ0v) is 16.4. The van der Waals surface area contributed by atoms with E-state index in [1.165, 1.54) is 0 Å². The molecule has 0 aliphatic rings. The molecule has 0 unspecified atom stereocenters. The fraction of sp³-hybridized carbons (Fsp3) is 0.238. The lowest BCUT2D eigenvalue weighted by Crippen LogP contribution is -2.39. The molecule has 1 amide bonds. The van der Waals surface area contributed by atoms with Gasteiger partial charge < -0.3 is 15.2 Å². The minimum Gasteiger partial charge on any atom is -0.372 e. The molecule has 1 aromatic carbocycles.